The summed E-state index contributed by atoms with van der Waals surface area (Å²) in [4.78, 5) is 27.7. The molecule has 0 saturated carbocycles. The van der Waals surface area contributed by atoms with Crippen molar-refractivity contribution >= 4 is 29.3 Å². The average molecular weight is 362 g/mol. The number of carbonyl (C=O) groups excluding carboxylic acids is 2. The van der Waals surface area contributed by atoms with Crippen LogP contribution in [0.3, 0.4) is 0 Å². The molecule has 136 valence electrons. The van der Waals surface area contributed by atoms with E-state index in [1.165, 1.54) is 44.1 Å². The molecule has 0 bridgehead atoms. The minimum atomic E-state index is -0.0946. The highest BCUT2D eigenvalue weighted by Crippen LogP contribution is 2.35. The van der Waals surface area contributed by atoms with E-state index in [1.54, 1.807) is 6.07 Å². The largest absolute Gasteiger partial charge is 0.352 e. The van der Waals surface area contributed by atoms with Gasteiger partial charge >= 0.3 is 0 Å². The molecule has 0 radical (unpaired) electrons. The number of thioether (sulfide) groups is 1. The van der Waals surface area contributed by atoms with Crippen LogP contribution >= 0.6 is 11.8 Å². The average Bonchev–Trinajstić information content (AvgIpc) is 2.61. The number of anilines is 1. The summed E-state index contributed by atoms with van der Waals surface area (Å²) in [6.07, 6.45) is 3.92. The summed E-state index contributed by atoms with van der Waals surface area (Å²) in [5.41, 5.74) is 1.33. The molecule has 25 heavy (non-hydrogen) atoms. The Morgan fingerprint density at radius 2 is 2.12 bits per heavy atom. The SMILES string of the molecule is C[C@@H](CNC(=O)c1ccc2c(c1)NC(=O)[C@@H](C)S2)CN1CCCCC1. The Labute approximate surface area is 153 Å². The predicted molar refractivity (Wildman–Crippen MR) is 102 cm³/mol. The van der Waals surface area contributed by atoms with E-state index in [0.29, 0.717) is 18.0 Å². The standard InChI is InChI=1S/C19H27N3O2S/c1-13(12-22-8-4-3-5-9-22)11-20-19(24)15-6-7-17-16(10-15)21-18(23)14(2)25-17/h6-7,10,13-14H,3-5,8-9,11-12H2,1-2H3,(H,20,24)(H,21,23)/t13-,14+/m0/s1. The summed E-state index contributed by atoms with van der Waals surface area (Å²) in [5.74, 6) is 0.340. The summed E-state index contributed by atoms with van der Waals surface area (Å²) in [5, 5.41) is 5.81. The molecule has 5 nitrogen and oxygen atoms in total. The lowest BCUT2D eigenvalue weighted by molar-refractivity contribution is -0.115. The molecular weight excluding hydrogens is 334 g/mol. The first kappa shape index (κ1) is 18.3. The lowest BCUT2D eigenvalue weighted by Crippen LogP contribution is -2.38. The molecule has 1 aromatic rings. The Hall–Kier alpha value is -1.53. The molecule has 6 heteroatoms. The number of nitrogens with one attached hydrogen (secondary N) is 2. The first-order valence-corrected chi connectivity index (χ1v) is 10.0. The number of amides is 2. The zero-order valence-electron chi connectivity index (χ0n) is 15.0. The van der Waals surface area contributed by atoms with Crippen LogP contribution in [0.5, 0.6) is 0 Å². The fourth-order valence-electron chi connectivity index (χ4n) is 3.37. The highest BCUT2D eigenvalue weighted by molar-refractivity contribution is 8.00. The van der Waals surface area contributed by atoms with Crippen LogP contribution in [0, 0.1) is 5.92 Å². The molecule has 2 heterocycles. The Morgan fingerprint density at radius 1 is 1.36 bits per heavy atom. The number of benzene rings is 1. The number of likely N-dealkylation sites (tertiary alicyclic amines) is 1. The van der Waals surface area contributed by atoms with Gasteiger partial charge in [-0.15, -0.1) is 11.8 Å². The minimum Gasteiger partial charge on any atom is -0.352 e. The number of carbonyl (C=O) groups is 2. The topological polar surface area (TPSA) is 61.4 Å². The normalized spacial score (nSPS) is 22.0. The third-order valence-corrected chi connectivity index (χ3v) is 5.98. The van der Waals surface area contributed by atoms with Crippen molar-refractivity contribution in [2.75, 3.05) is 31.5 Å². The molecule has 1 fully saturated rings. The molecule has 2 N–H and O–H groups in total. The number of rotatable bonds is 5. The van der Waals surface area contributed by atoms with Crippen LogP contribution in [0.25, 0.3) is 0 Å². The maximum Gasteiger partial charge on any atom is 0.251 e. The minimum absolute atomic E-state index is 0.00906. The highest BCUT2D eigenvalue weighted by atomic mass is 32.2. The van der Waals surface area contributed by atoms with Gasteiger partial charge in [-0.2, -0.15) is 0 Å². The fraction of sp³-hybridized carbons (Fsp3) is 0.579. The molecule has 0 aromatic heterocycles. The van der Waals surface area contributed by atoms with Crippen LogP contribution in [0.2, 0.25) is 0 Å². The van der Waals surface area contributed by atoms with Crippen LogP contribution in [0.1, 0.15) is 43.5 Å². The molecule has 1 aromatic carbocycles. The van der Waals surface area contributed by atoms with Gasteiger partial charge in [0.05, 0.1) is 10.9 Å². The zero-order valence-corrected chi connectivity index (χ0v) is 15.8. The number of hydrogen-bond acceptors (Lipinski definition) is 4. The Morgan fingerprint density at radius 3 is 2.88 bits per heavy atom. The molecule has 0 spiro atoms. The van der Waals surface area contributed by atoms with Gasteiger partial charge in [-0.1, -0.05) is 13.3 Å². The van der Waals surface area contributed by atoms with E-state index >= 15 is 0 Å². The number of hydrogen-bond donors (Lipinski definition) is 2. The monoisotopic (exact) mass is 361 g/mol. The maximum atomic E-state index is 12.4. The van der Waals surface area contributed by atoms with Crippen molar-refractivity contribution in [1.29, 1.82) is 0 Å². The summed E-state index contributed by atoms with van der Waals surface area (Å²) in [6.45, 7) is 8.13. The highest BCUT2D eigenvalue weighted by Gasteiger charge is 2.24. The summed E-state index contributed by atoms with van der Waals surface area (Å²) < 4.78 is 0. The Balaban J connectivity index is 1.53. The molecule has 1 saturated heterocycles. The number of piperidine rings is 1. The van der Waals surface area contributed by atoms with Gasteiger partial charge in [0.25, 0.3) is 5.91 Å². The van der Waals surface area contributed by atoms with Crippen LogP contribution in [-0.4, -0.2) is 48.1 Å². The van der Waals surface area contributed by atoms with Crippen molar-refractivity contribution in [2.24, 2.45) is 5.92 Å². The van der Waals surface area contributed by atoms with Gasteiger partial charge < -0.3 is 15.5 Å². The molecule has 2 amide bonds. The van der Waals surface area contributed by atoms with Crippen molar-refractivity contribution < 1.29 is 9.59 Å². The molecule has 2 aliphatic rings. The van der Waals surface area contributed by atoms with E-state index in [4.69, 9.17) is 0 Å². The molecule has 0 unspecified atom stereocenters. The van der Waals surface area contributed by atoms with Gasteiger partial charge in [0, 0.05) is 23.5 Å². The maximum absolute atomic E-state index is 12.4. The lowest BCUT2D eigenvalue weighted by atomic mass is 10.1. The fourth-order valence-corrected chi connectivity index (χ4v) is 4.30. The van der Waals surface area contributed by atoms with E-state index in [-0.39, 0.29) is 17.1 Å². The molecular formula is C19H27N3O2S. The van der Waals surface area contributed by atoms with Gasteiger partial charge in [-0.05, 0) is 57.0 Å². The van der Waals surface area contributed by atoms with Crippen molar-refractivity contribution in [1.82, 2.24) is 10.2 Å². The van der Waals surface area contributed by atoms with Gasteiger partial charge in [0.1, 0.15) is 0 Å². The zero-order chi connectivity index (χ0) is 17.8. The van der Waals surface area contributed by atoms with Crippen molar-refractivity contribution in [3.05, 3.63) is 23.8 Å². The third-order valence-electron chi connectivity index (χ3n) is 4.80. The second kappa shape index (κ2) is 8.23. The van der Waals surface area contributed by atoms with Crippen LogP contribution < -0.4 is 10.6 Å². The number of fused-ring (bicyclic) bond motifs is 1. The number of nitrogens with zero attached hydrogens (tertiary/aromatic N) is 1. The summed E-state index contributed by atoms with van der Waals surface area (Å²) >= 11 is 1.53. The van der Waals surface area contributed by atoms with E-state index in [1.807, 2.05) is 19.1 Å². The van der Waals surface area contributed by atoms with E-state index in [9.17, 15) is 9.59 Å². The van der Waals surface area contributed by atoms with E-state index in [0.717, 1.165) is 17.1 Å². The smallest absolute Gasteiger partial charge is 0.251 e. The third kappa shape index (κ3) is 4.76. The van der Waals surface area contributed by atoms with Crippen molar-refractivity contribution in [3.8, 4) is 0 Å². The summed E-state index contributed by atoms with van der Waals surface area (Å²) in [7, 11) is 0. The Kier molecular flexibility index (Phi) is 6.02. The van der Waals surface area contributed by atoms with Gasteiger partial charge in [-0.25, -0.2) is 0 Å². The first-order chi connectivity index (χ1) is 12.0. The van der Waals surface area contributed by atoms with Crippen LogP contribution in [0.4, 0.5) is 5.69 Å². The molecule has 0 aliphatic carbocycles. The quantitative estimate of drug-likeness (QED) is 0.846. The molecule has 2 atom stereocenters. The van der Waals surface area contributed by atoms with Gasteiger partial charge in [-0.3, -0.25) is 9.59 Å². The molecule has 2 aliphatic heterocycles. The predicted octanol–water partition coefficient (Wildman–Crippen LogP) is 2.97. The molecule has 3 rings (SSSR count). The first-order valence-electron chi connectivity index (χ1n) is 9.15. The van der Waals surface area contributed by atoms with Gasteiger partial charge in [0.2, 0.25) is 5.91 Å². The second-order valence-electron chi connectivity index (χ2n) is 7.14. The Bertz CT molecular complexity index is 644. The van der Waals surface area contributed by atoms with Gasteiger partial charge in [0.15, 0.2) is 0 Å². The van der Waals surface area contributed by atoms with E-state index in [2.05, 4.69) is 22.5 Å². The lowest BCUT2D eigenvalue weighted by Gasteiger charge is -2.29. The van der Waals surface area contributed by atoms with Crippen molar-refractivity contribution in [2.45, 2.75) is 43.3 Å². The van der Waals surface area contributed by atoms with E-state index < -0.39 is 0 Å². The summed E-state index contributed by atoms with van der Waals surface area (Å²) in [6, 6.07) is 5.53. The van der Waals surface area contributed by atoms with Crippen LogP contribution in [-0.2, 0) is 4.79 Å². The van der Waals surface area contributed by atoms with Crippen LogP contribution in [0.15, 0.2) is 23.1 Å². The second-order valence-corrected chi connectivity index (χ2v) is 8.52. The van der Waals surface area contributed by atoms with Crippen molar-refractivity contribution in [3.63, 3.8) is 0 Å².